The largest absolute Gasteiger partial charge is 0.481 e. The molecule has 2 aliphatic rings. The van der Waals surface area contributed by atoms with Crippen molar-refractivity contribution in [3.05, 3.63) is 0 Å². The van der Waals surface area contributed by atoms with Crippen LogP contribution in [0.25, 0.3) is 0 Å². The number of carbonyl (C=O) groups excluding carboxylic acids is 7. The van der Waals surface area contributed by atoms with E-state index in [0.717, 1.165) is 0 Å². The summed E-state index contributed by atoms with van der Waals surface area (Å²) in [6.45, 7) is 5.48. The number of rotatable bonds is 22. The topological polar surface area (TPSA) is 327 Å². The lowest BCUT2D eigenvalue weighted by Gasteiger charge is -2.33. The molecule has 20 heteroatoms. The molecule has 0 radical (unpaired) electrons. The minimum atomic E-state index is -1.36. The maximum Gasteiger partial charge on any atom is 0.326 e. The first kappa shape index (κ1) is 45.3. The highest BCUT2D eigenvalue weighted by atomic mass is 16.4. The summed E-state index contributed by atoms with van der Waals surface area (Å²) in [6, 6.07) is -7.99. The van der Waals surface area contributed by atoms with Crippen LogP contribution < -0.4 is 38.5 Å². The van der Waals surface area contributed by atoms with E-state index in [1.807, 2.05) is 0 Å². The van der Waals surface area contributed by atoms with Crippen molar-refractivity contribution in [1.82, 2.24) is 31.1 Å². The smallest absolute Gasteiger partial charge is 0.326 e. The van der Waals surface area contributed by atoms with Crippen LogP contribution in [0, 0.1) is 5.92 Å². The summed E-state index contributed by atoms with van der Waals surface area (Å²) in [5.74, 6) is -7.64. The molecular formula is C34H57N9O11. The zero-order valence-corrected chi connectivity index (χ0v) is 31.2. The van der Waals surface area contributed by atoms with Crippen LogP contribution in [0.3, 0.4) is 0 Å². The van der Waals surface area contributed by atoms with Gasteiger partial charge in [0.2, 0.25) is 41.4 Å². The van der Waals surface area contributed by atoms with Crippen LogP contribution in [0.5, 0.6) is 0 Å². The molecule has 2 fully saturated rings. The number of carboxylic acids is 2. The molecule has 304 valence electrons. The zero-order valence-electron chi connectivity index (χ0n) is 31.2. The van der Waals surface area contributed by atoms with Gasteiger partial charge in [-0.25, -0.2) is 4.79 Å². The molecule has 0 aromatic carbocycles. The fourth-order valence-corrected chi connectivity index (χ4v) is 6.41. The van der Waals surface area contributed by atoms with Crippen LogP contribution >= 0.6 is 0 Å². The first-order valence-corrected chi connectivity index (χ1v) is 18.4. The number of unbranched alkanes of at least 4 members (excludes halogenated alkanes) is 1. The van der Waals surface area contributed by atoms with Crippen LogP contribution in [0.1, 0.15) is 91.4 Å². The van der Waals surface area contributed by atoms with E-state index < -0.39 is 101 Å². The first-order chi connectivity index (χ1) is 25.4. The second-order valence-electron chi connectivity index (χ2n) is 14.1. The van der Waals surface area contributed by atoms with Gasteiger partial charge in [-0.15, -0.1) is 0 Å². The number of nitrogens with zero attached hydrogens (tertiary/aromatic N) is 2. The van der Waals surface area contributed by atoms with Gasteiger partial charge in [-0.2, -0.15) is 0 Å². The van der Waals surface area contributed by atoms with Gasteiger partial charge < -0.3 is 58.5 Å². The van der Waals surface area contributed by atoms with E-state index in [1.165, 1.54) is 16.7 Å². The Kier molecular flexibility index (Phi) is 18.3. The third-order valence-electron chi connectivity index (χ3n) is 9.52. The predicted molar refractivity (Wildman–Crippen MR) is 192 cm³/mol. The van der Waals surface area contributed by atoms with Crippen molar-refractivity contribution in [3.8, 4) is 0 Å². The third kappa shape index (κ3) is 13.5. The van der Waals surface area contributed by atoms with Gasteiger partial charge in [-0.05, 0) is 77.2 Å². The van der Waals surface area contributed by atoms with E-state index in [1.54, 1.807) is 13.8 Å². The molecule has 0 aliphatic carbocycles. The highest BCUT2D eigenvalue weighted by Gasteiger charge is 2.42. The molecule has 0 bridgehead atoms. The quantitative estimate of drug-likeness (QED) is 0.0506. The van der Waals surface area contributed by atoms with Crippen molar-refractivity contribution in [2.24, 2.45) is 23.1 Å². The summed E-state index contributed by atoms with van der Waals surface area (Å²) in [5, 5.41) is 28.6. The molecule has 0 spiro atoms. The molecule has 0 saturated carbocycles. The Labute approximate surface area is 314 Å². The number of carbonyl (C=O) groups is 9. The standard InChI is InChI=1S/C34H57N9O11/c1-18(2)27(41-31(50)24-10-6-16-42(24)32(51)20(36)11-14-26(45)46)33(52)43-17-7-9-23(43)30(49)39-21(12-13-25(37)44)29(48)38-19(3)28(47)40-22(34(53)54)8-4-5-15-35/h18-24,27H,4-17,35-36H2,1-3H3,(H2,37,44)(H,38,48)(H,39,49)(H,40,47)(H,41,50)(H,45,46)(H,53,54)/t19-,20-,21-,22+,23-,24-,27-/m0/s1. The number of likely N-dealkylation sites (tertiary alicyclic amines) is 2. The second-order valence-corrected chi connectivity index (χ2v) is 14.1. The van der Waals surface area contributed by atoms with Gasteiger partial charge in [0, 0.05) is 25.9 Å². The third-order valence-corrected chi connectivity index (χ3v) is 9.52. The molecule has 0 unspecified atom stereocenters. The molecule has 2 rings (SSSR count). The van der Waals surface area contributed by atoms with Crippen LogP contribution in [0.15, 0.2) is 0 Å². The van der Waals surface area contributed by atoms with Gasteiger partial charge in [0.05, 0.1) is 6.04 Å². The maximum absolute atomic E-state index is 13.9. The fraction of sp³-hybridized carbons (Fsp3) is 0.735. The highest BCUT2D eigenvalue weighted by Crippen LogP contribution is 2.23. The zero-order chi connectivity index (χ0) is 40.7. The summed E-state index contributed by atoms with van der Waals surface area (Å²) in [6.07, 6.45) is 1.62. The Morgan fingerprint density at radius 1 is 0.704 bits per heavy atom. The second kappa shape index (κ2) is 21.8. The lowest BCUT2D eigenvalue weighted by molar-refractivity contribution is -0.145. The number of primary amides is 1. The highest BCUT2D eigenvalue weighted by molar-refractivity contribution is 5.97. The van der Waals surface area contributed by atoms with E-state index >= 15 is 0 Å². The van der Waals surface area contributed by atoms with Gasteiger partial charge in [-0.3, -0.25) is 38.4 Å². The Bertz CT molecular complexity index is 1390. The van der Waals surface area contributed by atoms with Crippen molar-refractivity contribution in [3.63, 3.8) is 0 Å². The molecule has 54 heavy (non-hydrogen) atoms. The summed E-state index contributed by atoms with van der Waals surface area (Å²) in [5.41, 5.74) is 16.7. The van der Waals surface area contributed by atoms with Crippen LogP contribution in [-0.4, -0.2) is 135 Å². The van der Waals surface area contributed by atoms with Gasteiger partial charge in [0.15, 0.2) is 0 Å². The van der Waals surface area contributed by atoms with E-state index in [9.17, 15) is 48.3 Å². The number of hydrogen-bond donors (Lipinski definition) is 9. The van der Waals surface area contributed by atoms with Crippen LogP contribution in [0.2, 0.25) is 0 Å². The van der Waals surface area contributed by atoms with E-state index in [2.05, 4.69) is 21.3 Å². The average Bonchev–Trinajstić information content (AvgIpc) is 3.80. The Morgan fingerprint density at radius 3 is 1.80 bits per heavy atom. The molecular weight excluding hydrogens is 710 g/mol. The Balaban J connectivity index is 2.14. The summed E-state index contributed by atoms with van der Waals surface area (Å²) < 4.78 is 0. The SMILES string of the molecule is CC(C)[C@H](NC(=O)[C@@H]1CCCN1C(=O)[C@@H](N)CCC(=O)O)C(=O)N1CCC[C@H]1C(=O)N[C@@H](CCC(N)=O)C(=O)N[C@@H](C)C(=O)N[C@H](CCCCN)C(=O)O. The van der Waals surface area contributed by atoms with Gasteiger partial charge in [0.25, 0.3) is 0 Å². The number of aliphatic carboxylic acids is 2. The van der Waals surface area contributed by atoms with Gasteiger partial charge in [0.1, 0.15) is 36.3 Å². The maximum atomic E-state index is 13.9. The van der Waals surface area contributed by atoms with Crippen molar-refractivity contribution < 1.29 is 53.4 Å². The first-order valence-electron chi connectivity index (χ1n) is 18.4. The molecule has 12 N–H and O–H groups in total. The molecule has 0 aromatic rings. The molecule has 2 heterocycles. The monoisotopic (exact) mass is 767 g/mol. The number of carboxylic acid groups (broad SMARTS) is 2. The van der Waals surface area contributed by atoms with E-state index in [0.29, 0.717) is 38.6 Å². The molecule has 20 nitrogen and oxygen atoms in total. The van der Waals surface area contributed by atoms with Crippen molar-refractivity contribution in [2.75, 3.05) is 19.6 Å². The summed E-state index contributed by atoms with van der Waals surface area (Å²) in [7, 11) is 0. The number of amides is 7. The van der Waals surface area contributed by atoms with Crippen molar-refractivity contribution >= 4 is 53.3 Å². The summed E-state index contributed by atoms with van der Waals surface area (Å²) in [4.78, 5) is 117. The van der Waals surface area contributed by atoms with Crippen LogP contribution in [-0.2, 0) is 43.2 Å². The molecule has 0 aromatic heterocycles. The van der Waals surface area contributed by atoms with Gasteiger partial charge >= 0.3 is 11.9 Å². The average molecular weight is 768 g/mol. The van der Waals surface area contributed by atoms with E-state index in [-0.39, 0.29) is 51.6 Å². The molecule has 7 atom stereocenters. The normalized spacial score (nSPS) is 19.6. The van der Waals surface area contributed by atoms with Crippen molar-refractivity contribution in [1.29, 1.82) is 0 Å². The summed E-state index contributed by atoms with van der Waals surface area (Å²) >= 11 is 0. The molecule has 2 aliphatic heterocycles. The lowest BCUT2D eigenvalue weighted by atomic mass is 10.0. The number of hydrogen-bond acceptors (Lipinski definition) is 11. The predicted octanol–water partition coefficient (Wildman–Crippen LogP) is -2.75. The minimum Gasteiger partial charge on any atom is -0.481 e. The number of nitrogens with two attached hydrogens (primary N) is 3. The van der Waals surface area contributed by atoms with Gasteiger partial charge in [-0.1, -0.05) is 13.8 Å². The molecule has 7 amide bonds. The fourth-order valence-electron chi connectivity index (χ4n) is 6.41. The Morgan fingerprint density at radius 2 is 1.28 bits per heavy atom. The Hall–Kier alpha value is -4.85. The minimum absolute atomic E-state index is 0.104. The molecule has 2 saturated heterocycles. The van der Waals surface area contributed by atoms with Crippen molar-refractivity contribution in [2.45, 2.75) is 134 Å². The van der Waals surface area contributed by atoms with E-state index in [4.69, 9.17) is 22.3 Å². The lowest BCUT2D eigenvalue weighted by Crippen LogP contribution is -2.60. The van der Waals surface area contributed by atoms with Crippen LogP contribution in [0.4, 0.5) is 0 Å². The number of nitrogens with one attached hydrogen (secondary N) is 4.